The second-order valence-electron chi connectivity index (χ2n) is 9.90. The van der Waals surface area contributed by atoms with Crippen LogP contribution in [0.15, 0.2) is 118 Å². The summed E-state index contributed by atoms with van der Waals surface area (Å²) < 4.78 is 12.5. The van der Waals surface area contributed by atoms with E-state index in [0.29, 0.717) is 34.3 Å². The van der Waals surface area contributed by atoms with Crippen LogP contribution in [0, 0.1) is 0 Å². The lowest BCUT2D eigenvalue weighted by molar-refractivity contribution is 0.0955. The minimum atomic E-state index is -0.334. The Kier molecular flexibility index (Phi) is 9.40. The first-order valence-corrected chi connectivity index (χ1v) is 15.9. The number of carbonyl (C=O) groups excluding carboxylic acids is 1. The van der Waals surface area contributed by atoms with E-state index in [2.05, 4.69) is 61.0 Å². The highest BCUT2D eigenvalue weighted by molar-refractivity contribution is 9.10. The second kappa shape index (κ2) is 13.9. The molecule has 10 heteroatoms. The van der Waals surface area contributed by atoms with E-state index in [-0.39, 0.29) is 5.91 Å². The molecule has 1 amide bonds. The maximum absolute atomic E-state index is 12.8. The summed E-state index contributed by atoms with van der Waals surface area (Å²) in [5.41, 5.74) is 7.46. The standard InChI is InChI=1S/C35H26BrClN4O3S/c1-43-32-17-26(30(36)18-33(32)44-20-25-7-4-6-22-5-2-3-8-29(22)25)19-38-41-34(42)24-11-9-23(10-12-24)31-21-45-35(40-31)39-28-15-13-27(37)14-16-28/h2-19,21H,20H2,1H3,(H,39,40)(H,41,42)/b38-19-. The molecule has 6 aromatic rings. The number of halogens is 2. The number of carbonyl (C=O) groups is 1. The number of hydrazone groups is 1. The van der Waals surface area contributed by atoms with Crippen LogP contribution in [0.3, 0.4) is 0 Å². The van der Waals surface area contributed by atoms with Crippen molar-refractivity contribution in [2.24, 2.45) is 5.10 Å². The maximum Gasteiger partial charge on any atom is 0.271 e. The normalized spacial score (nSPS) is 11.1. The van der Waals surface area contributed by atoms with Crippen LogP contribution in [0.25, 0.3) is 22.0 Å². The van der Waals surface area contributed by atoms with E-state index in [9.17, 15) is 4.79 Å². The molecular weight excluding hydrogens is 672 g/mol. The van der Waals surface area contributed by atoms with Gasteiger partial charge >= 0.3 is 0 Å². The molecule has 6 rings (SSSR count). The molecule has 0 aliphatic heterocycles. The molecule has 0 spiro atoms. The summed E-state index contributed by atoms with van der Waals surface area (Å²) in [5, 5.41) is 13.1. The lowest BCUT2D eigenvalue weighted by Crippen LogP contribution is -2.17. The Bertz CT molecular complexity index is 1990. The Morgan fingerprint density at radius 2 is 1.76 bits per heavy atom. The van der Waals surface area contributed by atoms with Crippen molar-refractivity contribution in [2.75, 3.05) is 12.4 Å². The molecule has 0 saturated heterocycles. The van der Waals surface area contributed by atoms with Gasteiger partial charge < -0.3 is 14.8 Å². The predicted molar refractivity (Wildman–Crippen MR) is 186 cm³/mol. The van der Waals surface area contributed by atoms with Gasteiger partial charge in [0.2, 0.25) is 0 Å². The molecule has 0 radical (unpaired) electrons. The molecule has 45 heavy (non-hydrogen) atoms. The number of ether oxygens (including phenoxy) is 2. The van der Waals surface area contributed by atoms with E-state index in [1.54, 1.807) is 31.5 Å². The Morgan fingerprint density at radius 3 is 2.56 bits per heavy atom. The number of nitrogens with one attached hydrogen (secondary N) is 2. The third-order valence-electron chi connectivity index (χ3n) is 6.96. The predicted octanol–water partition coefficient (Wildman–Crippen LogP) is 9.47. The van der Waals surface area contributed by atoms with E-state index in [1.165, 1.54) is 11.3 Å². The smallest absolute Gasteiger partial charge is 0.271 e. The fourth-order valence-corrected chi connectivity index (χ4v) is 5.92. The fraction of sp³-hybridized carbons (Fsp3) is 0.0571. The zero-order chi connectivity index (χ0) is 31.2. The highest BCUT2D eigenvalue weighted by Gasteiger charge is 2.12. The first kappa shape index (κ1) is 30.3. The van der Waals surface area contributed by atoms with Crippen molar-refractivity contribution >= 4 is 72.6 Å². The molecule has 0 unspecified atom stereocenters. The van der Waals surface area contributed by atoms with Crippen LogP contribution in [0.5, 0.6) is 11.5 Å². The number of aromatic nitrogens is 1. The highest BCUT2D eigenvalue weighted by atomic mass is 79.9. The van der Waals surface area contributed by atoms with Crippen LogP contribution in [0.2, 0.25) is 5.02 Å². The van der Waals surface area contributed by atoms with E-state index in [1.807, 2.05) is 66.0 Å². The topological polar surface area (TPSA) is 84.8 Å². The van der Waals surface area contributed by atoms with Gasteiger partial charge in [0.1, 0.15) is 6.61 Å². The summed E-state index contributed by atoms with van der Waals surface area (Å²) in [6.07, 6.45) is 1.55. The zero-order valence-corrected chi connectivity index (χ0v) is 27.1. The quantitative estimate of drug-likeness (QED) is 0.110. The van der Waals surface area contributed by atoms with Gasteiger partial charge in [-0.05, 0) is 80.8 Å². The van der Waals surface area contributed by atoms with Gasteiger partial charge in [0, 0.05) is 37.3 Å². The average molecular weight is 698 g/mol. The minimum Gasteiger partial charge on any atom is -0.493 e. The van der Waals surface area contributed by atoms with Crippen molar-refractivity contribution in [2.45, 2.75) is 6.61 Å². The largest absolute Gasteiger partial charge is 0.493 e. The number of methoxy groups -OCH3 is 1. The lowest BCUT2D eigenvalue weighted by Gasteiger charge is -2.14. The first-order valence-electron chi connectivity index (χ1n) is 13.9. The number of nitrogens with zero attached hydrogens (tertiary/aromatic N) is 2. The zero-order valence-electron chi connectivity index (χ0n) is 24.0. The summed E-state index contributed by atoms with van der Waals surface area (Å²) in [7, 11) is 1.59. The summed E-state index contributed by atoms with van der Waals surface area (Å²) in [5.74, 6) is 0.807. The SMILES string of the molecule is COc1cc(/C=N\NC(=O)c2ccc(-c3csc(Nc4ccc(Cl)cc4)n3)cc2)c(Br)cc1OCc1cccc2ccccc12. The second-order valence-corrected chi connectivity index (χ2v) is 12.0. The molecule has 2 N–H and O–H groups in total. The minimum absolute atomic E-state index is 0.334. The number of anilines is 2. The molecular formula is C35H26BrClN4O3S. The summed E-state index contributed by atoms with van der Waals surface area (Å²) in [4.78, 5) is 17.4. The number of fused-ring (bicyclic) bond motifs is 1. The van der Waals surface area contributed by atoms with E-state index in [0.717, 1.165) is 42.9 Å². The molecule has 1 heterocycles. The maximum atomic E-state index is 12.8. The van der Waals surface area contributed by atoms with Crippen LogP contribution < -0.4 is 20.2 Å². The molecule has 1 aromatic heterocycles. The Balaban J connectivity index is 1.07. The van der Waals surface area contributed by atoms with Crippen molar-refractivity contribution in [1.29, 1.82) is 0 Å². The van der Waals surface area contributed by atoms with Crippen molar-refractivity contribution in [3.8, 4) is 22.8 Å². The van der Waals surface area contributed by atoms with Gasteiger partial charge in [0.05, 0.1) is 19.0 Å². The van der Waals surface area contributed by atoms with Crippen molar-refractivity contribution in [3.05, 3.63) is 135 Å². The first-order chi connectivity index (χ1) is 22.0. The van der Waals surface area contributed by atoms with Crippen LogP contribution in [-0.4, -0.2) is 24.2 Å². The molecule has 0 fully saturated rings. The van der Waals surface area contributed by atoms with Gasteiger partial charge in [0.25, 0.3) is 5.91 Å². The Labute approximate surface area is 277 Å². The molecule has 7 nitrogen and oxygen atoms in total. The molecule has 0 aliphatic carbocycles. The third kappa shape index (κ3) is 7.34. The van der Waals surface area contributed by atoms with Crippen LogP contribution >= 0.6 is 38.9 Å². The average Bonchev–Trinajstić information content (AvgIpc) is 3.54. The monoisotopic (exact) mass is 696 g/mol. The Morgan fingerprint density at radius 1 is 0.978 bits per heavy atom. The number of hydrogen-bond donors (Lipinski definition) is 2. The summed E-state index contributed by atoms with van der Waals surface area (Å²) in [6.45, 7) is 0.385. The summed E-state index contributed by atoms with van der Waals surface area (Å²) >= 11 is 11.0. The Hall–Kier alpha value is -4.70. The van der Waals surface area contributed by atoms with Gasteiger partial charge in [-0.15, -0.1) is 11.3 Å². The van der Waals surface area contributed by atoms with Crippen molar-refractivity contribution in [1.82, 2.24) is 10.4 Å². The highest BCUT2D eigenvalue weighted by Crippen LogP contribution is 2.34. The fourth-order valence-electron chi connectivity index (χ4n) is 4.63. The molecule has 224 valence electrons. The lowest BCUT2D eigenvalue weighted by atomic mass is 10.1. The summed E-state index contributed by atoms with van der Waals surface area (Å²) in [6, 6.07) is 32.6. The number of amides is 1. The van der Waals surface area contributed by atoms with E-state index >= 15 is 0 Å². The molecule has 0 atom stereocenters. The van der Waals surface area contributed by atoms with Gasteiger partial charge in [-0.25, -0.2) is 10.4 Å². The third-order valence-corrected chi connectivity index (χ3v) is 8.65. The van der Waals surface area contributed by atoms with Gasteiger partial charge in [0.15, 0.2) is 16.6 Å². The molecule has 5 aromatic carbocycles. The molecule has 0 bridgehead atoms. The van der Waals surface area contributed by atoms with Crippen molar-refractivity contribution in [3.63, 3.8) is 0 Å². The number of rotatable bonds is 10. The number of thiazole rings is 1. The van der Waals surface area contributed by atoms with E-state index in [4.69, 9.17) is 21.1 Å². The molecule has 0 aliphatic rings. The van der Waals surface area contributed by atoms with Gasteiger partial charge in [-0.2, -0.15) is 5.10 Å². The number of hydrogen-bond acceptors (Lipinski definition) is 7. The van der Waals surface area contributed by atoms with Crippen molar-refractivity contribution < 1.29 is 14.3 Å². The van der Waals surface area contributed by atoms with Crippen LogP contribution in [0.4, 0.5) is 10.8 Å². The molecule has 0 saturated carbocycles. The number of benzene rings is 5. The van der Waals surface area contributed by atoms with Crippen LogP contribution in [-0.2, 0) is 6.61 Å². The van der Waals surface area contributed by atoms with Gasteiger partial charge in [-0.1, -0.05) is 66.2 Å². The van der Waals surface area contributed by atoms with Gasteiger partial charge in [-0.3, -0.25) is 4.79 Å². The van der Waals surface area contributed by atoms with Crippen LogP contribution in [0.1, 0.15) is 21.5 Å². The van der Waals surface area contributed by atoms with E-state index < -0.39 is 0 Å².